The lowest BCUT2D eigenvalue weighted by Crippen LogP contribution is -2.42. The molecule has 2 atom stereocenters. The summed E-state index contributed by atoms with van der Waals surface area (Å²) in [6.07, 6.45) is 0. The maximum Gasteiger partial charge on any atom is 0.234 e. The van der Waals surface area contributed by atoms with Gasteiger partial charge in [0.25, 0.3) is 0 Å². The average Bonchev–Trinajstić information content (AvgIpc) is 2.44. The Morgan fingerprint density at radius 3 is 2.33 bits per heavy atom. The van der Waals surface area contributed by atoms with E-state index in [0.29, 0.717) is 0 Å². The van der Waals surface area contributed by atoms with Gasteiger partial charge in [0.1, 0.15) is 5.82 Å². The minimum absolute atomic E-state index is 0.00928. The van der Waals surface area contributed by atoms with Crippen LogP contribution < -0.4 is 5.32 Å². The minimum Gasteiger partial charge on any atom is -0.395 e. The van der Waals surface area contributed by atoms with Crippen molar-refractivity contribution >= 4 is 5.91 Å². The first kappa shape index (κ1) is 17.6. The maximum absolute atomic E-state index is 13.0. The van der Waals surface area contributed by atoms with Gasteiger partial charge in [0.15, 0.2) is 0 Å². The molecule has 5 heteroatoms. The molecule has 0 radical (unpaired) electrons. The number of carbonyl (C=O) groups is 1. The van der Waals surface area contributed by atoms with Crippen LogP contribution in [-0.2, 0) is 4.79 Å². The van der Waals surface area contributed by atoms with Crippen molar-refractivity contribution in [1.29, 1.82) is 0 Å². The van der Waals surface area contributed by atoms with Crippen LogP contribution in [0.2, 0.25) is 0 Å². The summed E-state index contributed by atoms with van der Waals surface area (Å²) in [6.45, 7) is 6.09. The first-order valence-corrected chi connectivity index (χ1v) is 7.21. The standard InChI is InChI=1S/C16H25FN2O2/c1-11(2)16(13-5-7-14(17)8-6-13)18-15(21)9-19(4)12(3)10-20/h5-8,11-12,16,20H,9-10H2,1-4H3,(H,18,21). The highest BCUT2D eigenvalue weighted by Gasteiger charge is 2.20. The van der Waals surface area contributed by atoms with Gasteiger partial charge in [0, 0.05) is 6.04 Å². The van der Waals surface area contributed by atoms with Gasteiger partial charge in [0.2, 0.25) is 5.91 Å². The van der Waals surface area contributed by atoms with E-state index < -0.39 is 0 Å². The van der Waals surface area contributed by atoms with Gasteiger partial charge in [-0.05, 0) is 37.6 Å². The summed E-state index contributed by atoms with van der Waals surface area (Å²) in [5.74, 6) is -0.204. The molecule has 0 heterocycles. The van der Waals surface area contributed by atoms with Gasteiger partial charge < -0.3 is 10.4 Å². The zero-order valence-electron chi connectivity index (χ0n) is 13.1. The topological polar surface area (TPSA) is 52.6 Å². The third kappa shape index (κ3) is 5.44. The molecule has 0 aliphatic heterocycles. The van der Waals surface area contributed by atoms with E-state index >= 15 is 0 Å². The van der Waals surface area contributed by atoms with Crippen LogP contribution >= 0.6 is 0 Å². The monoisotopic (exact) mass is 296 g/mol. The van der Waals surface area contributed by atoms with E-state index in [-0.39, 0.29) is 42.9 Å². The number of rotatable bonds is 7. The van der Waals surface area contributed by atoms with E-state index in [1.807, 2.05) is 20.8 Å². The molecule has 2 N–H and O–H groups in total. The van der Waals surface area contributed by atoms with Crippen LogP contribution in [0.4, 0.5) is 4.39 Å². The van der Waals surface area contributed by atoms with Gasteiger partial charge >= 0.3 is 0 Å². The fourth-order valence-corrected chi connectivity index (χ4v) is 2.05. The van der Waals surface area contributed by atoms with Crippen molar-refractivity contribution < 1.29 is 14.3 Å². The maximum atomic E-state index is 13.0. The Morgan fingerprint density at radius 2 is 1.86 bits per heavy atom. The number of hydrogen-bond donors (Lipinski definition) is 2. The molecule has 1 aromatic carbocycles. The van der Waals surface area contributed by atoms with E-state index in [9.17, 15) is 9.18 Å². The number of benzene rings is 1. The predicted molar refractivity (Wildman–Crippen MR) is 81.3 cm³/mol. The van der Waals surface area contributed by atoms with Gasteiger partial charge in [-0.3, -0.25) is 9.69 Å². The summed E-state index contributed by atoms with van der Waals surface area (Å²) in [5.41, 5.74) is 0.887. The molecule has 0 saturated heterocycles. The van der Waals surface area contributed by atoms with Crippen LogP contribution in [0.5, 0.6) is 0 Å². The number of aliphatic hydroxyl groups excluding tert-OH is 1. The van der Waals surface area contributed by atoms with Gasteiger partial charge in [-0.1, -0.05) is 26.0 Å². The van der Waals surface area contributed by atoms with Crippen molar-refractivity contribution in [3.8, 4) is 0 Å². The Morgan fingerprint density at radius 1 is 1.29 bits per heavy atom. The average molecular weight is 296 g/mol. The molecule has 0 saturated carbocycles. The summed E-state index contributed by atoms with van der Waals surface area (Å²) < 4.78 is 13.0. The molecular formula is C16H25FN2O2. The van der Waals surface area contributed by atoms with Gasteiger partial charge in [0.05, 0.1) is 19.2 Å². The quantitative estimate of drug-likeness (QED) is 0.808. The molecule has 0 aliphatic carbocycles. The van der Waals surface area contributed by atoms with Crippen LogP contribution in [0.3, 0.4) is 0 Å². The highest BCUT2D eigenvalue weighted by Crippen LogP contribution is 2.21. The second kappa shape index (κ2) is 8.10. The van der Waals surface area contributed by atoms with E-state index in [1.165, 1.54) is 12.1 Å². The number of nitrogens with one attached hydrogen (secondary N) is 1. The Balaban J connectivity index is 2.71. The molecule has 1 aromatic rings. The number of aliphatic hydroxyl groups is 1. The Bertz CT molecular complexity index is 448. The van der Waals surface area contributed by atoms with Gasteiger partial charge in [-0.25, -0.2) is 4.39 Å². The SMILES string of the molecule is CC(C)C(NC(=O)CN(C)C(C)CO)c1ccc(F)cc1. The highest BCUT2D eigenvalue weighted by molar-refractivity contribution is 5.78. The summed E-state index contributed by atoms with van der Waals surface area (Å²) in [5, 5.41) is 12.1. The molecule has 0 fully saturated rings. The van der Waals surface area contributed by atoms with Crippen LogP contribution in [0.25, 0.3) is 0 Å². The summed E-state index contributed by atoms with van der Waals surface area (Å²) in [7, 11) is 1.79. The van der Waals surface area contributed by atoms with Crippen molar-refractivity contribution in [3.05, 3.63) is 35.6 Å². The van der Waals surface area contributed by atoms with Crippen molar-refractivity contribution in [2.45, 2.75) is 32.9 Å². The van der Waals surface area contributed by atoms with E-state index in [2.05, 4.69) is 5.32 Å². The lowest BCUT2D eigenvalue weighted by atomic mass is 9.96. The van der Waals surface area contributed by atoms with Gasteiger partial charge in [-0.15, -0.1) is 0 Å². The highest BCUT2D eigenvalue weighted by atomic mass is 19.1. The second-order valence-electron chi connectivity index (χ2n) is 5.79. The zero-order chi connectivity index (χ0) is 16.0. The van der Waals surface area contributed by atoms with Crippen LogP contribution in [0, 0.1) is 11.7 Å². The minimum atomic E-state index is -0.288. The van der Waals surface area contributed by atoms with E-state index in [0.717, 1.165) is 5.56 Å². The lowest BCUT2D eigenvalue weighted by Gasteiger charge is -2.26. The smallest absolute Gasteiger partial charge is 0.234 e. The summed E-state index contributed by atoms with van der Waals surface area (Å²) in [4.78, 5) is 13.9. The predicted octanol–water partition coefficient (Wildman–Crippen LogP) is 1.95. The normalized spacial score (nSPS) is 14.3. The van der Waals surface area contributed by atoms with Crippen molar-refractivity contribution in [2.75, 3.05) is 20.2 Å². The number of halogens is 1. The number of likely N-dealkylation sites (N-methyl/N-ethyl adjacent to an activating group) is 1. The van der Waals surface area contributed by atoms with E-state index in [4.69, 9.17) is 5.11 Å². The molecule has 4 nitrogen and oxygen atoms in total. The third-order valence-electron chi connectivity index (χ3n) is 3.62. The fourth-order valence-electron chi connectivity index (χ4n) is 2.05. The number of amides is 1. The Kier molecular flexibility index (Phi) is 6.78. The molecule has 0 bridgehead atoms. The first-order chi connectivity index (χ1) is 9.85. The number of carbonyl (C=O) groups excluding carboxylic acids is 1. The molecule has 0 aliphatic rings. The molecule has 0 aromatic heterocycles. The zero-order valence-corrected chi connectivity index (χ0v) is 13.1. The molecular weight excluding hydrogens is 271 g/mol. The van der Waals surface area contributed by atoms with E-state index in [1.54, 1.807) is 24.1 Å². The summed E-state index contributed by atoms with van der Waals surface area (Å²) in [6, 6.07) is 5.96. The molecule has 2 unspecified atom stereocenters. The molecule has 118 valence electrons. The largest absolute Gasteiger partial charge is 0.395 e. The molecule has 0 spiro atoms. The van der Waals surface area contributed by atoms with Crippen molar-refractivity contribution in [1.82, 2.24) is 10.2 Å². The van der Waals surface area contributed by atoms with Crippen LogP contribution in [0.1, 0.15) is 32.4 Å². The fraction of sp³-hybridized carbons (Fsp3) is 0.562. The van der Waals surface area contributed by atoms with Gasteiger partial charge in [-0.2, -0.15) is 0 Å². The third-order valence-corrected chi connectivity index (χ3v) is 3.62. The Labute approximate surface area is 126 Å². The lowest BCUT2D eigenvalue weighted by molar-refractivity contribution is -0.123. The number of hydrogen-bond acceptors (Lipinski definition) is 3. The molecule has 1 amide bonds. The first-order valence-electron chi connectivity index (χ1n) is 7.21. The van der Waals surface area contributed by atoms with Crippen molar-refractivity contribution in [2.24, 2.45) is 5.92 Å². The second-order valence-corrected chi connectivity index (χ2v) is 5.79. The van der Waals surface area contributed by atoms with Crippen LogP contribution in [-0.4, -0.2) is 42.2 Å². The number of nitrogens with zero attached hydrogens (tertiary/aromatic N) is 1. The van der Waals surface area contributed by atoms with Crippen LogP contribution in [0.15, 0.2) is 24.3 Å². The van der Waals surface area contributed by atoms with Crippen molar-refractivity contribution in [3.63, 3.8) is 0 Å². The molecule has 21 heavy (non-hydrogen) atoms. The molecule has 1 rings (SSSR count). The Hall–Kier alpha value is -1.46. The summed E-state index contributed by atoms with van der Waals surface area (Å²) >= 11 is 0.